The van der Waals surface area contributed by atoms with Crippen LogP contribution in [-0.2, 0) is 4.79 Å². The maximum absolute atomic E-state index is 11.8. The number of hydrogen-bond donors (Lipinski definition) is 1. The summed E-state index contributed by atoms with van der Waals surface area (Å²) in [6.45, 7) is 9.18. The van der Waals surface area contributed by atoms with Crippen molar-refractivity contribution in [3.63, 3.8) is 0 Å². The molecule has 0 fully saturated rings. The number of rotatable bonds is 5. The van der Waals surface area contributed by atoms with Gasteiger partial charge in [-0.05, 0) is 11.8 Å². The van der Waals surface area contributed by atoms with Crippen LogP contribution in [0.3, 0.4) is 0 Å². The van der Waals surface area contributed by atoms with Gasteiger partial charge in [0.15, 0.2) is 0 Å². The average molecular weight is 217 g/mol. The van der Waals surface area contributed by atoms with Gasteiger partial charge in [0, 0.05) is 13.6 Å². The molecule has 2 atom stereocenters. The third-order valence-corrected chi connectivity index (χ3v) is 3.36. The highest BCUT2D eigenvalue weighted by molar-refractivity contribution is 7.81. The van der Waals surface area contributed by atoms with Crippen molar-refractivity contribution in [3.8, 4) is 0 Å². The molecule has 2 unspecified atom stereocenters. The van der Waals surface area contributed by atoms with E-state index in [9.17, 15) is 4.79 Å². The molecule has 0 aliphatic rings. The van der Waals surface area contributed by atoms with E-state index in [-0.39, 0.29) is 11.2 Å². The summed E-state index contributed by atoms with van der Waals surface area (Å²) >= 11 is 4.32. The van der Waals surface area contributed by atoms with Gasteiger partial charge in [-0.1, -0.05) is 34.1 Å². The van der Waals surface area contributed by atoms with Crippen molar-refractivity contribution in [1.29, 1.82) is 0 Å². The Morgan fingerprint density at radius 2 is 1.86 bits per heavy atom. The maximum atomic E-state index is 11.8. The smallest absolute Gasteiger partial charge is 0.235 e. The van der Waals surface area contributed by atoms with Crippen LogP contribution in [0.25, 0.3) is 0 Å². The Kier molecular flexibility index (Phi) is 6.25. The molecule has 2 nitrogen and oxygen atoms in total. The Labute approximate surface area is 93.5 Å². The quantitative estimate of drug-likeness (QED) is 0.701. The van der Waals surface area contributed by atoms with Gasteiger partial charge in [0.2, 0.25) is 5.91 Å². The molecule has 0 aliphatic heterocycles. The molecule has 0 aromatic heterocycles. The van der Waals surface area contributed by atoms with Gasteiger partial charge in [-0.25, -0.2) is 0 Å². The molecule has 0 aromatic carbocycles. The first-order valence-corrected chi connectivity index (χ1v) is 5.84. The van der Waals surface area contributed by atoms with Crippen molar-refractivity contribution < 1.29 is 4.79 Å². The molecule has 0 saturated heterocycles. The van der Waals surface area contributed by atoms with Gasteiger partial charge in [0.1, 0.15) is 0 Å². The van der Waals surface area contributed by atoms with Crippen LogP contribution in [0.2, 0.25) is 0 Å². The summed E-state index contributed by atoms with van der Waals surface area (Å²) < 4.78 is 0. The summed E-state index contributed by atoms with van der Waals surface area (Å²) in [7, 11) is 1.86. The first-order chi connectivity index (χ1) is 6.40. The highest BCUT2D eigenvalue weighted by Crippen LogP contribution is 2.13. The van der Waals surface area contributed by atoms with Crippen LogP contribution in [0.5, 0.6) is 0 Å². The number of amides is 1. The van der Waals surface area contributed by atoms with Gasteiger partial charge in [-0.2, -0.15) is 12.6 Å². The zero-order valence-corrected chi connectivity index (χ0v) is 10.8. The Bertz CT molecular complexity index is 182. The Morgan fingerprint density at radius 3 is 2.21 bits per heavy atom. The molecule has 0 saturated carbocycles. The van der Waals surface area contributed by atoms with E-state index >= 15 is 0 Å². The Balaban J connectivity index is 4.11. The molecule has 0 N–H and O–H groups in total. The summed E-state index contributed by atoms with van der Waals surface area (Å²) in [6.07, 6.45) is 1.11. The first kappa shape index (κ1) is 13.8. The van der Waals surface area contributed by atoms with E-state index in [1.165, 1.54) is 0 Å². The van der Waals surface area contributed by atoms with E-state index in [1.54, 1.807) is 4.90 Å². The molecule has 0 heterocycles. The number of carbonyl (C=O) groups excluding carboxylic acids is 1. The molecule has 84 valence electrons. The monoisotopic (exact) mass is 217 g/mol. The normalized spacial score (nSPS) is 15.4. The predicted molar refractivity (Wildman–Crippen MR) is 64.7 cm³/mol. The van der Waals surface area contributed by atoms with Crippen LogP contribution in [0.4, 0.5) is 0 Å². The fourth-order valence-corrected chi connectivity index (χ4v) is 1.39. The van der Waals surface area contributed by atoms with Gasteiger partial charge in [-0.3, -0.25) is 4.79 Å². The second-order valence-electron chi connectivity index (χ2n) is 4.42. The molecule has 0 aliphatic carbocycles. The van der Waals surface area contributed by atoms with Gasteiger partial charge in [0.05, 0.1) is 5.25 Å². The maximum Gasteiger partial charge on any atom is 0.235 e. The highest BCUT2D eigenvalue weighted by Gasteiger charge is 2.21. The minimum atomic E-state index is -0.163. The van der Waals surface area contributed by atoms with Gasteiger partial charge >= 0.3 is 0 Å². The summed E-state index contributed by atoms with van der Waals surface area (Å²) in [5, 5.41) is -0.163. The van der Waals surface area contributed by atoms with Crippen molar-refractivity contribution in [2.45, 2.75) is 39.4 Å². The molecule has 0 bridgehead atoms. The first-order valence-electron chi connectivity index (χ1n) is 5.33. The highest BCUT2D eigenvalue weighted by atomic mass is 32.1. The van der Waals surface area contributed by atoms with Gasteiger partial charge in [0.25, 0.3) is 0 Å². The van der Waals surface area contributed by atoms with E-state index in [4.69, 9.17) is 0 Å². The molecule has 0 spiro atoms. The van der Waals surface area contributed by atoms with Crippen molar-refractivity contribution >= 4 is 18.5 Å². The lowest BCUT2D eigenvalue weighted by Crippen LogP contribution is -2.38. The molecule has 0 rings (SSSR count). The molecular weight excluding hydrogens is 194 g/mol. The topological polar surface area (TPSA) is 20.3 Å². The number of thiol groups is 1. The number of carbonyl (C=O) groups is 1. The van der Waals surface area contributed by atoms with E-state index < -0.39 is 0 Å². The lowest BCUT2D eigenvalue weighted by Gasteiger charge is -2.25. The zero-order chi connectivity index (χ0) is 11.3. The number of nitrogens with zero attached hydrogens (tertiary/aromatic N) is 1. The lowest BCUT2D eigenvalue weighted by atomic mass is 10.1. The third kappa shape index (κ3) is 4.36. The Hall–Kier alpha value is -0.180. The van der Waals surface area contributed by atoms with Crippen LogP contribution in [0, 0.1) is 11.8 Å². The van der Waals surface area contributed by atoms with E-state index in [0.29, 0.717) is 11.8 Å². The van der Waals surface area contributed by atoms with Crippen molar-refractivity contribution in [2.75, 3.05) is 13.6 Å². The molecule has 0 aromatic rings. The second-order valence-corrected chi connectivity index (χ2v) is 4.98. The molecule has 14 heavy (non-hydrogen) atoms. The average Bonchev–Trinajstić information content (AvgIpc) is 2.14. The molecule has 0 radical (unpaired) electrons. The minimum Gasteiger partial charge on any atom is -0.345 e. The molecular formula is C11H23NOS. The summed E-state index contributed by atoms with van der Waals surface area (Å²) in [5.74, 6) is 1.01. The van der Waals surface area contributed by atoms with Crippen LogP contribution in [-0.4, -0.2) is 29.6 Å². The second kappa shape index (κ2) is 6.33. The van der Waals surface area contributed by atoms with E-state index in [0.717, 1.165) is 13.0 Å². The minimum absolute atomic E-state index is 0.142. The standard InChI is InChI=1S/C11H23NOS/c1-6-9(4)7-12(5)11(13)10(14)8(2)3/h8-10,14H,6-7H2,1-5H3. The SMILES string of the molecule is CCC(C)CN(C)C(=O)C(S)C(C)C. The third-order valence-electron chi connectivity index (χ3n) is 2.54. The zero-order valence-electron chi connectivity index (χ0n) is 9.95. The summed E-state index contributed by atoms with van der Waals surface area (Å²) in [5.41, 5.74) is 0. The van der Waals surface area contributed by atoms with Crippen molar-refractivity contribution in [3.05, 3.63) is 0 Å². The predicted octanol–water partition coefficient (Wildman–Crippen LogP) is 2.45. The van der Waals surface area contributed by atoms with Gasteiger partial charge < -0.3 is 4.90 Å². The fraction of sp³-hybridized carbons (Fsp3) is 0.909. The van der Waals surface area contributed by atoms with E-state index in [2.05, 4.69) is 26.5 Å². The number of hydrogen-bond acceptors (Lipinski definition) is 2. The van der Waals surface area contributed by atoms with Crippen LogP contribution in [0.1, 0.15) is 34.1 Å². The van der Waals surface area contributed by atoms with Gasteiger partial charge in [-0.15, -0.1) is 0 Å². The Morgan fingerprint density at radius 1 is 1.36 bits per heavy atom. The van der Waals surface area contributed by atoms with Crippen molar-refractivity contribution in [1.82, 2.24) is 4.90 Å². The van der Waals surface area contributed by atoms with E-state index in [1.807, 2.05) is 20.9 Å². The van der Waals surface area contributed by atoms with Crippen LogP contribution < -0.4 is 0 Å². The molecule has 1 amide bonds. The van der Waals surface area contributed by atoms with Crippen LogP contribution >= 0.6 is 12.6 Å². The summed E-state index contributed by atoms with van der Waals surface area (Å²) in [6, 6.07) is 0. The fourth-order valence-electron chi connectivity index (χ4n) is 1.20. The van der Waals surface area contributed by atoms with Crippen LogP contribution in [0.15, 0.2) is 0 Å². The largest absolute Gasteiger partial charge is 0.345 e. The van der Waals surface area contributed by atoms with Crippen molar-refractivity contribution in [2.24, 2.45) is 11.8 Å². The summed E-state index contributed by atoms with van der Waals surface area (Å²) in [4.78, 5) is 13.6. The molecule has 3 heteroatoms. The lowest BCUT2D eigenvalue weighted by molar-refractivity contribution is -0.130.